The number of nitrogens with zero attached hydrogens (tertiary/aromatic N) is 1. The molecule has 0 aliphatic carbocycles. The van der Waals surface area contributed by atoms with Crippen LogP contribution >= 0.6 is 27.5 Å². The van der Waals surface area contributed by atoms with Crippen LogP contribution in [-0.4, -0.2) is 20.1 Å². The molecule has 0 radical (unpaired) electrons. The van der Waals surface area contributed by atoms with E-state index < -0.39 is 0 Å². The molecule has 0 N–H and O–H groups in total. The lowest BCUT2D eigenvalue weighted by Crippen LogP contribution is -2.25. The summed E-state index contributed by atoms with van der Waals surface area (Å²) in [5.74, 6) is 1.12. The van der Waals surface area contributed by atoms with Crippen LogP contribution in [0, 0.1) is 6.92 Å². The van der Waals surface area contributed by atoms with Crippen molar-refractivity contribution in [2.24, 2.45) is 0 Å². The summed E-state index contributed by atoms with van der Waals surface area (Å²) in [6.07, 6.45) is 3.75. The van der Waals surface area contributed by atoms with E-state index in [9.17, 15) is 4.79 Å². The number of rotatable bonds is 5. The Kier molecular flexibility index (Phi) is 6.40. The molecular weight excluding hydrogens is 490 g/mol. The number of halogens is 2. The van der Waals surface area contributed by atoms with E-state index in [1.807, 2.05) is 79.7 Å². The molecule has 0 saturated carbocycles. The van der Waals surface area contributed by atoms with Gasteiger partial charge in [0, 0.05) is 15.1 Å². The summed E-state index contributed by atoms with van der Waals surface area (Å²) in [5.41, 5.74) is 4.95. The van der Waals surface area contributed by atoms with E-state index in [0.717, 1.165) is 32.5 Å². The number of amides is 1. The minimum Gasteiger partial charge on any atom is -0.493 e. The van der Waals surface area contributed by atoms with Crippen molar-refractivity contribution in [2.45, 2.75) is 6.92 Å². The molecule has 0 aromatic heterocycles. The third-order valence-corrected chi connectivity index (χ3v) is 6.08. The van der Waals surface area contributed by atoms with Gasteiger partial charge in [0.05, 0.1) is 25.6 Å². The van der Waals surface area contributed by atoms with Crippen LogP contribution in [0.3, 0.4) is 0 Å². The minimum absolute atomic E-state index is 0.116. The van der Waals surface area contributed by atoms with Crippen molar-refractivity contribution >= 4 is 50.9 Å². The molecule has 0 spiro atoms. The molecule has 0 bridgehead atoms. The molecule has 0 atom stereocenters. The third kappa shape index (κ3) is 4.31. The lowest BCUT2D eigenvalue weighted by atomic mass is 10.1. The summed E-state index contributed by atoms with van der Waals surface area (Å²) in [4.78, 5) is 15.3. The zero-order valence-electron chi connectivity index (χ0n) is 17.9. The van der Waals surface area contributed by atoms with Gasteiger partial charge in [0.25, 0.3) is 5.91 Å². The molecule has 162 valence electrons. The second-order valence-corrected chi connectivity index (χ2v) is 8.64. The number of carbonyl (C=O) groups excluding carboxylic acids is 1. The normalized spacial score (nSPS) is 14.7. The predicted octanol–water partition coefficient (Wildman–Crippen LogP) is 6.90. The maximum Gasteiger partial charge on any atom is 0.262 e. The van der Waals surface area contributed by atoms with E-state index in [2.05, 4.69) is 15.9 Å². The smallest absolute Gasteiger partial charge is 0.262 e. The molecule has 32 heavy (non-hydrogen) atoms. The fraction of sp³-hybridized carbons (Fsp3) is 0.115. The molecule has 3 aromatic rings. The Hall–Kier alpha value is -3.02. The van der Waals surface area contributed by atoms with Crippen LogP contribution in [0.1, 0.15) is 16.7 Å². The number of benzene rings is 3. The number of hydrogen-bond donors (Lipinski definition) is 0. The molecule has 3 aromatic carbocycles. The third-order valence-electron chi connectivity index (χ3n) is 5.20. The first-order chi connectivity index (χ1) is 15.4. The lowest BCUT2D eigenvalue weighted by Gasteiger charge is -2.22. The van der Waals surface area contributed by atoms with Crippen LogP contribution in [-0.2, 0) is 4.79 Å². The van der Waals surface area contributed by atoms with Crippen LogP contribution in [0.5, 0.6) is 11.5 Å². The Morgan fingerprint density at radius 3 is 2.31 bits per heavy atom. The lowest BCUT2D eigenvalue weighted by molar-refractivity contribution is -0.113. The van der Waals surface area contributed by atoms with Crippen molar-refractivity contribution in [1.29, 1.82) is 0 Å². The molecule has 1 aliphatic rings. The van der Waals surface area contributed by atoms with Gasteiger partial charge >= 0.3 is 0 Å². The highest BCUT2D eigenvalue weighted by atomic mass is 79.9. The summed E-state index contributed by atoms with van der Waals surface area (Å²) in [6.45, 7) is 2.01. The summed E-state index contributed by atoms with van der Waals surface area (Å²) >= 11 is 9.72. The van der Waals surface area contributed by atoms with E-state index >= 15 is 0 Å². The zero-order valence-corrected chi connectivity index (χ0v) is 20.2. The highest BCUT2D eigenvalue weighted by Gasteiger charge is 2.31. The first-order valence-corrected chi connectivity index (χ1v) is 11.1. The Morgan fingerprint density at radius 1 is 0.938 bits per heavy atom. The summed E-state index contributed by atoms with van der Waals surface area (Å²) in [6, 6.07) is 19.0. The van der Waals surface area contributed by atoms with Gasteiger partial charge in [-0.15, -0.1) is 0 Å². The molecule has 0 unspecified atom stereocenters. The number of ether oxygens (including phenoxy) is 2. The average molecular weight is 511 g/mol. The maximum absolute atomic E-state index is 13.6. The van der Waals surface area contributed by atoms with Crippen molar-refractivity contribution in [3.8, 4) is 11.5 Å². The number of aryl methyl sites for hydroxylation is 1. The van der Waals surface area contributed by atoms with E-state index in [1.54, 1.807) is 19.1 Å². The SMILES string of the molecule is COc1ccc(/C=C2\C=C(c3ccc(Cl)cc3)N(c3ccc(C)cc3Br)C2=O)cc1OC. The Morgan fingerprint density at radius 2 is 1.66 bits per heavy atom. The van der Waals surface area contributed by atoms with Gasteiger partial charge in [-0.05, 0) is 88.1 Å². The number of anilines is 1. The largest absolute Gasteiger partial charge is 0.493 e. The van der Waals surface area contributed by atoms with Gasteiger partial charge in [-0.2, -0.15) is 0 Å². The van der Waals surface area contributed by atoms with Crippen molar-refractivity contribution < 1.29 is 14.3 Å². The molecular formula is C26H21BrClNO3. The standard InChI is InChI=1S/C26H21BrClNO3/c1-16-4-10-22(21(27)12-16)29-23(18-6-8-20(28)9-7-18)15-19(26(29)30)13-17-5-11-24(31-2)25(14-17)32-3/h4-15H,1-3H3/b19-13+. The van der Waals surface area contributed by atoms with Gasteiger partial charge in [-0.1, -0.05) is 35.9 Å². The molecule has 1 heterocycles. The van der Waals surface area contributed by atoms with Crippen LogP contribution in [0.4, 0.5) is 5.69 Å². The van der Waals surface area contributed by atoms with Crippen LogP contribution < -0.4 is 14.4 Å². The molecule has 4 nitrogen and oxygen atoms in total. The highest BCUT2D eigenvalue weighted by molar-refractivity contribution is 9.10. The Bertz CT molecular complexity index is 1250. The van der Waals surface area contributed by atoms with E-state index in [1.165, 1.54) is 0 Å². The van der Waals surface area contributed by atoms with Crippen molar-refractivity contribution in [3.63, 3.8) is 0 Å². The summed E-state index contributed by atoms with van der Waals surface area (Å²) in [7, 11) is 3.18. The number of methoxy groups -OCH3 is 2. The molecule has 4 rings (SSSR count). The van der Waals surface area contributed by atoms with E-state index in [4.69, 9.17) is 21.1 Å². The topological polar surface area (TPSA) is 38.8 Å². The fourth-order valence-corrected chi connectivity index (χ4v) is 4.40. The molecule has 6 heteroatoms. The number of carbonyl (C=O) groups is 1. The minimum atomic E-state index is -0.116. The van der Waals surface area contributed by atoms with Gasteiger partial charge < -0.3 is 9.47 Å². The van der Waals surface area contributed by atoms with Gasteiger partial charge in [0.1, 0.15) is 0 Å². The van der Waals surface area contributed by atoms with Gasteiger partial charge in [-0.3, -0.25) is 9.69 Å². The highest BCUT2D eigenvalue weighted by Crippen LogP contribution is 2.39. The van der Waals surface area contributed by atoms with Gasteiger partial charge in [-0.25, -0.2) is 0 Å². The first-order valence-electron chi connectivity index (χ1n) is 9.93. The summed E-state index contributed by atoms with van der Waals surface area (Å²) in [5, 5.41) is 0.642. The Balaban J connectivity index is 1.83. The maximum atomic E-state index is 13.6. The second-order valence-electron chi connectivity index (χ2n) is 7.35. The van der Waals surface area contributed by atoms with Crippen LogP contribution in [0.15, 0.2) is 76.8 Å². The molecule has 1 aliphatic heterocycles. The molecule has 1 amide bonds. The van der Waals surface area contributed by atoms with E-state index in [0.29, 0.717) is 22.1 Å². The number of hydrogen-bond acceptors (Lipinski definition) is 3. The van der Waals surface area contributed by atoms with Crippen molar-refractivity contribution in [2.75, 3.05) is 19.1 Å². The quantitative estimate of drug-likeness (QED) is 0.351. The predicted molar refractivity (Wildman–Crippen MR) is 133 cm³/mol. The van der Waals surface area contributed by atoms with Gasteiger partial charge in [0.2, 0.25) is 0 Å². The second kappa shape index (κ2) is 9.23. The molecule has 0 saturated heterocycles. The molecule has 0 fully saturated rings. The Labute approximate surface area is 200 Å². The van der Waals surface area contributed by atoms with Crippen LogP contribution in [0.2, 0.25) is 5.02 Å². The summed E-state index contributed by atoms with van der Waals surface area (Å²) < 4.78 is 11.6. The van der Waals surface area contributed by atoms with Gasteiger partial charge in [0.15, 0.2) is 11.5 Å². The van der Waals surface area contributed by atoms with E-state index in [-0.39, 0.29) is 5.91 Å². The monoisotopic (exact) mass is 509 g/mol. The zero-order chi connectivity index (χ0) is 22.8. The van der Waals surface area contributed by atoms with Crippen LogP contribution in [0.25, 0.3) is 11.8 Å². The van der Waals surface area contributed by atoms with Crippen molar-refractivity contribution in [3.05, 3.63) is 98.5 Å². The average Bonchev–Trinajstić information content (AvgIpc) is 3.10. The first kappa shape index (κ1) is 22.2. The van der Waals surface area contributed by atoms with Crippen molar-refractivity contribution in [1.82, 2.24) is 0 Å². The fourth-order valence-electron chi connectivity index (χ4n) is 3.60.